The molecule has 0 amide bonds. The normalized spacial score (nSPS) is 13.0. The van der Waals surface area contributed by atoms with Gasteiger partial charge in [0.2, 0.25) is 0 Å². The first-order chi connectivity index (χ1) is 6.06. The van der Waals surface area contributed by atoms with E-state index in [4.69, 9.17) is 11.6 Å². The van der Waals surface area contributed by atoms with E-state index in [1.807, 2.05) is 0 Å². The predicted octanol–water partition coefficient (Wildman–Crippen LogP) is 4.30. The van der Waals surface area contributed by atoms with Crippen molar-refractivity contribution in [1.82, 2.24) is 0 Å². The SMILES string of the molecule is CCC(Cl)c1cc(C)c(C)cc1C. The number of aryl methyl sites for hydroxylation is 3. The van der Waals surface area contributed by atoms with Crippen molar-refractivity contribution in [3.63, 3.8) is 0 Å². The van der Waals surface area contributed by atoms with Crippen LogP contribution in [0, 0.1) is 20.8 Å². The van der Waals surface area contributed by atoms with Gasteiger partial charge in [0.1, 0.15) is 0 Å². The third kappa shape index (κ3) is 2.25. The van der Waals surface area contributed by atoms with E-state index in [2.05, 4.69) is 39.8 Å². The van der Waals surface area contributed by atoms with Crippen molar-refractivity contribution in [2.24, 2.45) is 0 Å². The number of alkyl halides is 1. The molecule has 0 aliphatic heterocycles. The molecule has 1 aromatic rings. The van der Waals surface area contributed by atoms with Crippen LogP contribution in [0.5, 0.6) is 0 Å². The average molecular weight is 197 g/mol. The molecule has 0 saturated heterocycles. The maximum atomic E-state index is 6.22. The van der Waals surface area contributed by atoms with Crippen LogP contribution in [0.25, 0.3) is 0 Å². The molecule has 0 radical (unpaired) electrons. The highest BCUT2D eigenvalue weighted by Crippen LogP contribution is 2.28. The van der Waals surface area contributed by atoms with Gasteiger partial charge in [-0.25, -0.2) is 0 Å². The Morgan fingerprint density at radius 3 is 2.15 bits per heavy atom. The second kappa shape index (κ2) is 4.15. The zero-order valence-electron chi connectivity index (χ0n) is 8.82. The van der Waals surface area contributed by atoms with Crippen LogP contribution in [0.4, 0.5) is 0 Å². The predicted molar refractivity (Wildman–Crippen MR) is 59.5 cm³/mol. The molecule has 1 rings (SSSR count). The Bertz CT molecular complexity index is 302. The lowest BCUT2D eigenvalue weighted by molar-refractivity contribution is 0.873. The highest BCUT2D eigenvalue weighted by Gasteiger charge is 2.09. The summed E-state index contributed by atoms with van der Waals surface area (Å²) in [5, 5.41) is 0.166. The first-order valence-electron chi connectivity index (χ1n) is 4.78. The minimum absolute atomic E-state index is 0.166. The van der Waals surface area contributed by atoms with Crippen LogP contribution in [0.2, 0.25) is 0 Å². The van der Waals surface area contributed by atoms with E-state index in [0.29, 0.717) is 0 Å². The summed E-state index contributed by atoms with van der Waals surface area (Å²) in [7, 11) is 0. The Hall–Kier alpha value is -0.490. The summed E-state index contributed by atoms with van der Waals surface area (Å²) >= 11 is 6.22. The van der Waals surface area contributed by atoms with Crippen molar-refractivity contribution < 1.29 is 0 Å². The van der Waals surface area contributed by atoms with Gasteiger partial charge in [0.15, 0.2) is 0 Å². The van der Waals surface area contributed by atoms with E-state index in [1.165, 1.54) is 22.3 Å². The first-order valence-corrected chi connectivity index (χ1v) is 5.21. The fraction of sp³-hybridized carbons (Fsp3) is 0.500. The standard InChI is InChI=1S/C12H17Cl/c1-5-12(13)11-7-9(3)8(2)6-10(11)4/h6-7,12H,5H2,1-4H3. The quantitative estimate of drug-likeness (QED) is 0.619. The van der Waals surface area contributed by atoms with Crippen molar-refractivity contribution in [3.05, 3.63) is 34.4 Å². The van der Waals surface area contributed by atoms with E-state index in [1.54, 1.807) is 0 Å². The van der Waals surface area contributed by atoms with E-state index >= 15 is 0 Å². The van der Waals surface area contributed by atoms with Gasteiger partial charge in [-0.3, -0.25) is 0 Å². The van der Waals surface area contributed by atoms with Crippen LogP contribution in [0.15, 0.2) is 12.1 Å². The fourth-order valence-corrected chi connectivity index (χ4v) is 1.78. The molecule has 1 atom stereocenters. The average Bonchev–Trinajstić information content (AvgIpc) is 2.10. The fourth-order valence-electron chi connectivity index (χ4n) is 1.54. The number of halogens is 1. The van der Waals surface area contributed by atoms with Crippen LogP contribution in [0.1, 0.15) is 41.0 Å². The van der Waals surface area contributed by atoms with Gasteiger partial charge in [0, 0.05) is 0 Å². The molecule has 1 aromatic carbocycles. The van der Waals surface area contributed by atoms with E-state index in [-0.39, 0.29) is 5.38 Å². The molecule has 0 aromatic heterocycles. The largest absolute Gasteiger partial charge is 0.118 e. The molecule has 1 heteroatoms. The molecule has 0 heterocycles. The number of rotatable bonds is 2. The summed E-state index contributed by atoms with van der Waals surface area (Å²) in [6.07, 6.45) is 0.991. The van der Waals surface area contributed by atoms with Crippen molar-refractivity contribution in [3.8, 4) is 0 Å². The van der Waals surface area contributed by atoms with E-state index in [9.17, 15) is 0 Å². The molecule has 72 valence electrons. The van der Waals surface area contributed by atoms with Crippen LogP contribution < -0.4 is 0 Å². The van der Waals surface area contributed by atoms with Gasteiger partial charge in [-0.1, -0.05) is 19.1 Å². The van der Waals surface area contributed by atoms with Gasteiger partial charge in [0.05, 0.1) is 5.38 Å². The van der Waals surface area contributed by atoms with Crippen molar-refractivity contribution in [2.75, 3.05) is 0 Å². The molecule has 0 saturated carbocycles. The Balaban J connectivity index is 3.15. The number of hydrogen-bond acceptors (Lipinski definition) is 0. The number of hydrogen-bond donors (Lipinski definition) is 0. The Kier molecular flexibility index (Phi) is 3.38. The molecular formula is C12H17Cl. The lowest BCUT2D eigenvalue weighted by Crippen LogP contribution is -1.95. The summed E-state index contributed by atoms with van der Waals surface area (Å²) < 4.78 is 0. The smallest absolute Gasteiger partial charge is 0.0585 e. The minimum atomic E-state index is 0.166. The van der Waals surface area contributed by atoms with Crippen molar-refractivity contribution in [2.45, 2.75) is 39.5 Å². The minimum Gasteiger partial charge on any atom is -0.118 e. The van der Waals surface area contributed by atoms with Crippen LogP contribution in [0.3, 0.4) is 0 Å². The Morgan fingerprint density at radius 2 is 1.62 bits per heavy atom. The number of benzene rings is 1. The topological polar surface area (TPSA) is 0 Å². The van der Waals surface area contributed by atoms with Crippen LogP contribution >= 0.6 is 11.6 Å². The van der Waals surface area contributed by atoms with Crippen LogP contribution in [-0.2, 0) is 0 Å². The summed E-state index contributed by atoms with van der Waals surface area (Å²) in [5.41, 5.74) is 5.28. The van der Waals surface area contributed by atoms with Gasteiger partial charge in [-0.2, -0.15) is 0 Å². The highest BCUT2D eigenvalue weighted by atomic mass is 35.5. The summed E-state index contributed by atoms with van der Waals surface area (Å²) in [6, 6.07) is 4.43. The molecule has 0 bridgehead atoms. The summed E-state index contributed by atoms with van der Waals surface area (Å²) in [4.78, 5) is 0. The first kappa shape index (κ1) is 10.6. The van der Waals surface area contributed by atoms with Gasteiger partial charge < -0.3 is 0 Å². The summed E-state index contributed by atoms with van der Waals surface area (Å²) in [5.74, 6) is 0. The van der Waals surface area contributed by atoms with Gasteiger partial charge in [-0.15, -0.1) is 11.6 Å². The molecule has 0 N–H and O–H groups in total. The maximum absolute atomic E-state index is 6.22. The zero-order valence-corrected chi connectivity index (χ0v) is 9.57. The third-order valence-corrected chi connectivity index (χ3v) is 3.12. The molecule has 0 fully saturated rings. The Labute approximate surface area is 85.9 Å². The van der Waals surface area contributed by atoms with Gasteiger partial charge in [-0.05, 0) is 49.4 Å². The second-order valence-corrected chi connectivity index (χ2v) is 4.20. The molecule has 13 heavy (non-hydrogen) atoms. The lowest BCUT2D eigenvalue weighted by atomic mass is 9.98. The lowest BCUT2D eigenvalue weighted by Gasteiger charge is -2.13. The molecule has 0 nitrogen and oxygen atoms in total. The highest BCUT2D eigenvalue weighted by molar-refractivity contribution is 6.20. The van der Waals surface area contributed by atoms with Crippen molar-refractivity contribution in [1.29, 1.82) is 0 Å². The molecule has 0 spiro atoms. The van der Waals surface area contributed by atoms with Gasteiger partial charge in [0.25, 0.3) is 0 Å². The maximum Gasteiger partial charge on any atom is 0.0585 e. The third-order valence-electron chi connectivity index (χ3n) is 2.58. The second-order valence-electron chi connectivity index (χ2n) is 3.67. The van der Waals surface area contributed by atoms with E-state index < -0.39 is 0 Å². The molecule has 0 aliphatic rings. The Morgan fingerprint density at radius 1 is 1.08 bits per heavy atom. The monoisotopic (exact) mass is 196 g/mol. The molecular weight excluding hydrogens is 180 g/mol. The molecule has 1 unspecified atom stereocenters. The van der Waals surface area contributed by atoms with Crippen LogP contribution in [-0.4, -0.2) is 0 Å². The summed E-state index contributed by atoms with van der Waals surface area (Å²) in [6.45, 7) is 8.53. The van der Waals surface area contributed by atoms with Gasteiger partial charge >= 0.3 is 0 Å². The molecule has 0 aliphatic carbocycles. The zero-order chi connectivity index (χ0) is 10.0. The van der Waals surface area contributed by atoms with Crippen molar-refractivity contribution >= 4 is 11.6 Å². The van der Waals surface area contributed by atoms with E-state index in [0.717, 1.165) is 6.42 Å².